The highest BCUT2D eigenvalue weighted by molar-refractivity contribution is 5.92. The largest absolute Gasteiger partial charge is 0.490 e. The fourth-order valence-electron chi connectivity index (χ4n) is 1.95. The van der Waals surface area contributed by atoms with Gasteiger partial charge >= 0.3 is 0 Å². The van der Waals surface area contributed by atoms with E-state index in [9.17, 15) is 5.11 Å². The number of para-hydroxylation sites is 1. The Bertz CT molecular complexity index is 578. The number of nitrogens with zero attached hydrogens (tertiary/aromatic N) is 1. The maximum atomic E-state index is 9.84. The smallest absolute Gasteiger partial charge is 0.280 e. The molecule has 0 bridgehead atoms. The first-order chi connectivity index (χ1) is 7.36. The van der Waals surface area contributed by atoms with Crippen LogP contribution in [0.3, 0.4) is 0 Å². The lowest BCUT2D eigenvalue weighted by molar-refractivity contribution is -0.350. The van der Waals surface area contributed by atoms with Crippen molar-refractivity contribution in [1.82, 2.24) is 4.98 Å². The Morgan fingerprint density at radius 1 is 1.27 bits per heavy atom. The first kappa shape index (κ1) is 8.29. The maximum absolute atomic E-state index is 9.84. The molecule has 0 atom stereocenters. The number of hydrogen-bond acceptors (Lipinski definition) is 1. The molecule has 1 aliphatic heterocycles. The van der Waals surface area contributed by atoms with E-state index in [0.29, 0.717) is 0 Å². The van der Waals surface area contributed by atoms with E-state index in [1.54, 1.807) is 0 Å². The van der Waals surface area contributed by atoms with E-state index in [1.165, 1.54) is 0 Å². The number of nitrogens with one attached hydrogen (secondary N) is 1. The van der Waals surface area contributed by atoms with Crippen molar-refractivity contribution in [2.45, 2.75) is 6.42 Å². The van der Waals surface area contributed by atoms with Crippen LogP contribution in [0.15, 0.2) is 36.5 Å². The lowest BCUT2D eigenvalue weighted by Gasteiger charge is -1.91. The van der Waals surface area contributed by atoms with Gasteiger partial charge in [-0.2, -0.15) is 4.58 Å². The van der Waals surface area contributed by atoms with Gasteiger partial charge in [-0.3, -0.25) is 0 Å². The summed E-state index contributed by atoms with van der Waals surface area (Å²) in [6.07, 6.45) is 6.98. The molecule has 1 aliphatic rings. The quantitative estimate of drug-likeness (QED) is 0.680. The summed E-state index contributed by atoms with van der Waals surface area (Å²) < 4.78 is 1.95. The fourth-order valence-corrected chi connectivity index (χ4v) is 1.95. The number of aromatic hydroxyl groups is 1. The Morgan fingerprint density at radius 3 is 2.93 bits per heavy atom. The Hall–Kier alpha value is -2.03. The topological polar surface area (TPSA) is 39.0 Å². The molecular weight excluding hydrogens is 188 g/mol. The normalized spacial score (nSPS) is 14.8. The molecule has 2 aromatic rings. The molecule has 3 nitrogen and oxygen atoms in total. The highest BCUT2D eigenvalue weighted by atomic mass is 16.3. The molecule has 0 fully saturated rings. The summed E-state index contributed by atoms with van der Waals surface area (Å²) in [4.78, 5) is 2.96. The van der Waals surface area contributed by atoms with Crippen LogP contribution in [-0.2, 0) is 0 Å². The van der Waals surface area contributed by atoms with Crippen LogP contribution < -0.4 is 0 Å². The molecular formula is C12H11N2O+. The zero-order valence-electron chi connectivity index (χ0n) is 8.14. The van der Waals surface area contributed by atoms with E-state index >= 15 is 0 Å². The molecule has 15 heavy (non-hydrogen) atoms. The summed E-state index contributed by atoms with van der Waals surface area (Å²) in [5, 5.41) is 10.9. The van der Waals surface area contributed by atoms with E-state index in [4.69, 9.17) is 0 Å². The van der Waals surface area contributed by atoms with Crippen molar-refractivity contribution >= 4 is 22.8 Å². The Labute approximate surface area is 87.0 Å². The number of aromatic amines is 1. The van der Waals surface area contributed by atoms with Crippen LogP contribution in [0.4, 0.5) is 5.69 Å². The van der Waals surface area contributed by atoms with E-state index in [-0.39, 0.29) is 5.88 Å². The first-order valence-electron chi connectivity index (χ1n) is 4.94. The maximum Gasteiger partial charge on any atom is 0.280 e. The van der Waals surface area contributed by atoms with Crippen molar-refractivity contribution in [2.75, 3.05) is 0 Å². The van der Waals surface area contributed by atoms with Crippen molar-refractivity contribution in [3.8, 4) is 5.88 Å². The van der Waals surface area contributed by atoms with Gasteiger partial charge in [0.15, 0.2) is 12.4 Å². The third-order valence-electron chi connectivity index (χ3n) is 2.62. The Balaban J connectivity index is 2.33. The summed E-state index contributed by atoms with van der Waals surface area (Å²) in [6.45, 7) is 0. The standard InChI is InChI=1S/C12H10N2O/c15-12-11(14-7-3-4-8-14)9-5-1-2-6-10(9)13-12/h1-3,5-8,13H,4H2/p+1. The van der Waals surface area contributed by atoms with Crippen LogP contribution in [0.25, 0.3) is 10.9 Å². The number of hydrogen-bond donors (Lipinski definition) is 2. The van der Waals surface area contributed by atoms with Crippen LogP contribution in [0, 0.1) is 0 Å². The number of benzene rings is 1. The molecule has 3 rings (SSSR count). The number of fused-ring (bicyclic) bond motifs is 1. The molecule has 0 saturated carbocycles. The van der Waals surface area contributed by atoms with Crippen molar-refractivity contribution in [3.63, 3.8) is 0 Å². The molecule has 74 valence electrons. The van der Waals surface area contributed by atoms with Gasteiger partial charge in [0.05, 0.1) is 10.9 Å². The third-order valence-corrected chi connectivity index (χ3v) is 2.62. The second-order valence-corrected chi connectivity index (χ2v) is 3.58. The minimum absolute atomic E-state index is 0.221. The number of H-pyrrole nitrogens is 1. The van der Waals surface area contributed by atoms with Crippen LogP contribution in [0.2, 0.25) is 0 Å². The summed E-state index contributed by atoms with van der Waals surface area (Å²) in [5.41, 5.74) is 1.79. The number of aromatic nitrogens is 1. The van der Waals surface area contributed by atoms with E-state index in [2.05, 4.69) is 11.1 Å². The third kappa shape index (κ3) is 1.16. The van der Waals surface area contributed by atoms with E-state index in [1.807, 2.05) is 41.3 Å². The Kier molecular flexibility index (Phi) is 1.65. The van der Waals surface area contributed by atoms with E-state index in [0.717, 1.165) is 23.0 Å². The molecule has 0 unspecified atom stereocenters. The SMILES string of the molecule is Oc1[nH]c2ccccc2c1[N+]1=CCC=C1. The average Bonchev–Trinajstić information content (AvgIpc) is 2.82. The van der Waals surface area contributed by atoms with Gasteiger partial charge in [-0.1, -0.05) is 12.1 Å². The van der Waals surface area contributed by atoms with Gasteiger partial charge in [0, 0.05) is 6.42 Å². The van der Waals surface area contributed by atoms with Crippen molar-refractivity contribution in [3.05, 3.63) is 36.5 Å². The molecule has 1 aromatic carbocycles. The van der Waals surface area contributed by atoms with Gasteiger partial charge in [0.1, 0.15) is 0 Å². The highest BCUT2D eigenvalue weighted by Gasteiger charge is 2.21. The summed E-state index contributed by atoms with van der Waals surface area (Å²) in [6, 6.07) is 7.88. The summed E-state index contributed by atoms with van der Waals surface area (Å²) in [7, 11) is 0. The number of allylic oxidation sites excluding steroid dienone is 1. The molecule has 0 saturated heterocycles. The minimum atomic E-state index is 0.221. The molecule has 2 N–H and O–H groups in total. The highest BCUT2D eigenvalue weighted by Crippen LogP contribution is 2.35. The van der Waals surface area contributed by atoms with Crippen LogP contribution in [0.5, 0.6) is 5.88 Å². The summed E-state index contributed by atoms with van der Waals surface area (Å²) in [5.74, 6) is 0.221. The number of rotatable bonds is 1. The Morgan fingerprint density at radius 2 is 2.13 bits per heavy atom. The van der Waals surface area contributed by atoms with Gasteiger partial charge in [0.25, 0.3) is 11.6 Å². The van der Waals surface area contributed by atoms with Gasteiger partial charge in [-0.05, 0) is 18.2 Å². The van der Waals surface area contributed by atoms with Crippen molar-refractivity contribution in [2.24, 2.45) is 0 Å². The monoisotopic (exact) mass is 199 g/mol. The average molecular weight is 199 g/mol. The lowest BCUT2D eigenvalue weighted by Crippen LogP contribution is -1.91. The fraction of sp³-hybridized carbons (Fsp3) is 0.0833. The predicted octanol–water partition coefficient (Wildman–Crippen LogP) is 2.51. The van der Waals surface area contributed by atoms with E-state index < -0.39 is 0 Å². The van der Waals surface area contributed by atoms with Gasteiger partial charge in [-0.25, -0.2) is 0 Å². The zero-order chi connectivity index (χ0) is 10.3. The van der Waals surface area contributed by atoms with Crippen molar-refractivity contribution < 1.29 is 9.68 Å². The first-order valence-corrected chi connectivity index (χ1v) is 4.94. The van der Waals surface area contributed by atoms with Crippen molar-refractivity contribution in [1.29, 1.82) is 0 Å². The zero-order valence-corrected chi connectivity index (χ0v) is 8.14. The molecule has 1 aromatic heterocycles. The molecule has 0 radical (unpaired) electrons. The molecule has 2 heterocycles. The molecule has 0 spiro atoms. The van der Waals surface area contributed by atoms with Gasteiger partial charge in [-0.15, -0.1) is 0 Å². The second kappa shape index (κ2) is 2.98. The second-order valence-electron chi connectivity index (χ2n) is 3.58. The minimum Gasteiger partial charge on any atom is -0.490 e. The van der Waals surface area contributed by atoms with Crippen LogP contribution >= 0.6 is 0 Å². The summed E-state index contributed by atoms with van der Waals surface area (Å²) >= 11 is 0. The lowest BCUT2D eigenvalue weighted by atomic mass is 10.2. The predicted molar refractivity (Wildman–Crippen MR) is 59.7 cm³/mol. The molecule has 0 aliphatic carbocycles. The van der Waals surface area contributed by atoms with Gasteiger partial charge in [0.2, 0.25) is 0 Å². The van der Waals surface area contributed by atoms with Crippen LogP contribution in [0.1, 0.15) is 6.42 Å². The molecule has 0 amide bonds. The van der Waals surface area contributed by atoms with Crippen LogP contribution in [-0.4, -0.2) is 20.9 Å². The van der Waals surface area contributed by atoms with Gasteiger partial charge < -0.3 is 10.1 Å². The molecule has 3 heteroatoms.